The van der Waals surface area contributed by atoms with Crippen molar-refractivity contribution in [2.24, 2.45) is 0 Å². The summed E-state index contributed by atoms with van der Waals surface area (Å²) in [6.07, 6.45) is 1.28. The number of carbonyl (C=O) groups excluding carboxylic acids is 2. The average molecular weight is 610 g/mol. The number of amides is 1. The molecule has 0 atom stereocenters. The molecule has 0 spiro atoms. The smallest absolute Gasteiger partial charge is 0.232 e. The van der Waals surface area contributed by atoms with Crippen molar-refractivity contribution in [1.29, 1.82) is 5.41 Å². The minimum Gasteiger partial charge on any atom is -0.494 e. The highest BCUT2D eigenvalue weighted by molar-refractivity contribution is 8.93. The van der Waals surface area contributed by atoms with Crippen LogP contribution in [0.3, 0.4) is 0 Å². The third kappa shape index (κ3) is 6.74. The number of halogens is 1. The van der Waals surface area contributed by atoms with E-state index < -0.39 is 15.4 Å². The molecule has 1 aliphatic heterocycles. The second kappa shape index (κ2) is 11.9. The Morgan fingerprint density at radius 1 is 1.18 bits per heavy atom. The van der Waals surface area contributed by atoms with Crippen LogP contribution in [-0.4, -0.2) is 64.3 Å². The molecule has 0 bridgehead atoms. The van der Waals surface area contributed by atoms with Crippen molar-refractivity contribution in [2.75, 3.05) is 37.8 Å². The molecule has 1 aliphatic rings. The van der Waals surface area contributed by atoms with Crippen molar-refractivity contribution in [3.05, 3.63) is 58.1 Å². The minimum atomic E-state index is -3.47. The monoisotopic (exact) mass is 608 g/mol. The topological polar surface area (TPSA) is 120 Å². The Morgan fingerprint density at radius 2 is 1.84 bits per heavy atom. The molecule has 9 nitrogen and oxygen atoms in total. The maximum Gasteiger partial charge on any atom is 0.232 e. The van der Waals surface area contributed by atoms with Gasteiger partial charge in [0.2, 0.25) is 15.9 Å². The molecule has 0 saturated heterocycles. The molecular weight excluding hydrogens is 572 g/mol. The predicted molar refractivity (Wildman–Crippen MR) is 156 cm³/mol. The van der Waals surface area contributed by atoms with Gasteiger partial charge in [0.05, 0.1) is 31.5 Å². The number of anilines is 1. The fourth-order valence-electron chi connectivity index (χ4n) is 4.33. The molecule has 0 fully saturated rings. The van der Waals surface area contributed by atoms with Crippen LogP contribution < -0.4 is 14.4 Å². The number of Topliss-reactive ketones (excluding diaryl/α,β-unsaturated/α-hetero) is 1. The van der Waals surface area contributed by atoms with Crippen LogP contribution in [0.15, 0.2) is 30.3 Å². The number of sulfonamides is 1. The molecule has 1 heterocycles. The molecule has 0 unspecified atom stereocenters. The molecule has 2 aromatic rings. The van der Waals surface area contributed by atoms with Crippen LogP contribution >= 0.6 is 17.0 Å². The first kappa shape index (κ1) is 31.3. The lowest BCUT2D eigenvalue weighted by Gasteiger charge is -2.28. The van der Waals surface area contributed by atoms with Gasteiger partial charge in [-0.1, -0.05) is 20.8 Å². The normalized spacial score (nSPS) is 13.0. The largest absolute Gasteiger partial charge is 0.494 e. The third-order valence-electron chi connectivity index (χ3n) is 6.45. The molecule has 0 radical (unpaired) electrons. The number of amidine groups is 1. The lowest BCUT2D eigenvalue weighted by molar-refractivity contribution is -0.119. The van der Waals surface area contributed by atoms with Gasteiger partial charge in [-0.25, -0.2) is 8.42 Å². The van der Waals surface area contributed by atoms with Crippen molar-refractivity contribution in [3.8, 4) is 5.75 Å². The molecule has 0 aliphatic carbocycles. The molecule has 2 aromatic carbocycles. The standard InChI is InChI=1S/C27H36N4O5S.BrH/c1-8-36-24-13-19-15-31(26(28)20(19)11-18(24)14-25(33)29-5)16-23(32)17-9-10-22(30(6)37(7,34)35)21(12-17)27(2,3)4;/h9-13,28H,8,14-16H2,1-7H3,(H,29,33);1H. The number of hydrogen-bond acceptors (Lipinski definition) is 6. The van der Waals surface area contributed by atoms with E-state index in [1.54, 1.807) is 36.2 Å². The van der Waals surface area contributed by atoms with Crippen molar-refractivity contribution >= 4 is 50.2 Å². The van der Waals surface area contributed by atoms with Gasteiger partial charge in [0.1, 0.15) is 11.6 Å². The summed E-state index contributed by atoms with van der Waals surface area (Å²) in [4.78, 5) is 27.0. The van der Waals surface area contributed by atoms with Crippen molar-refractivity contribution in [3.63, 3.8) is 0 Å². The third-order valence-corrected chi connectivity index (χ3v) is 7.64. The highest BCUT2D eigenvalue weighted by Crippen LogP contribution is 2.34. The molecule has 38 heavy (non-hydrogen) atoms. The van der Waals surface area contributed by atoms with Crippen LogP contribution in [0.5, 0.6) is 5.75 Å². The Morgan fingerprint density at radius 3 is 2.39 bits per heavy atom. The van der Waals surface area contributed by atoms with E-state index in [4.69, 9.17) is 10.1 Å². The lowest BCUT2D eigenvalue weighted by Crippen LogP contribution is -2.31. The fourth-order valence-corrected chi connectivity index (χ4v) is 4.84. The first-order valence-electron chi connectivity index (χ1n) is 12.1. The van der Waals surface area contributed by atoms with E-state index in [1.807, 2.05) is 33.8 Å². The van der Waals surface area contributed by atoms with Gasteiger partial charge in [0.25, 0.3) is 0 Å². The minimum absolute atomic E-state index is 0. The van der Waals surface area contributed by atoms with E-state index in [0.717, 1.165) is 17.4 Å². The predicted octanol–water partition coefficient (Wildman–Crippen LogP) is 3.67. The second-order valence-corrected chi connectivity index (χ2v) is 12.3. The number of benzene rings is 2. The number of nitrogens with one attached hydrogen (secondary N) is 2. The Hall–Kier alpha value is -2.92. The zero-order valence-electron chi connectivity index (χ0n) is 23.0. The SMILES string of the molecule is Br.CCOc1cc2c(cc1CC(=O)NC)C(=N)N(CC(=O)c1ccc(N(C)S(C)(=O)=O)c(C(C)(C)C)c1)C2. The van der Waals surface area contributed by atoms with Crippen LogP contribution in [0.4, 0.5) is 5.69 Å². The summed E-state index contributed by atoms with van der Waals surface area (Å²) in [5.74, 6) is 0.490. The van der Waals surface area contributed by atoms with Gasteiger partial charge in [0.15, 0.2) is 5.78 Å². The Balaban J connectivity index is 0.00000507. The van der Waals surface area contributed by atoms with Gasteiger partial charge in [0, 0.05) is 37.3 Å². The van der Waals surface area contributed by atoms with Crippen molar-refractivity contribution < 1.29 is 22.7 Å². The Bertz CT molecular complexity index is 1350. The summed E-state index contributed by atoms with van der Waals surface area (Å²) in [5.41, 5.74) is 3.55. The average Bonchev–Trinajstić information content (AvgIpc) is 3.11. The molecule has 1 amide bonds. The number of rotatable bonds is 9. The quantitative estimate of drug-likeness (QED) is 0.419. The fraction of sp³-hybridized carbons (Fsp3) is 0.444. The maximum atomic E-state index is 13.3. The van der Waals surface area contributed by atoms with Gasteiger partial charge in [-0.15, -0.1) is 17.0 Å². The lowest BCUT2D eigenvalue weighted by atomic mass is 9.84. The molecule has 208 valence electrons. The van der Waals surface area contributed by atoms with E-state index in [1.165, 1.54) is 11.4 Å². The molecule has 0 saturated carbocycles. The zero-order chi connectivity index (χ0) is 27.7. The van der Waals surface area contributed by atoms with Gasteiger partial charge in [-0.05, 0) is 53.8 Å². The molecule has 0 aromatic heterocycles. The summed E-state index contributed by atoms with van der Waals surface area (Å²) < 4.78 is 31.3. The van der Waals surface area contributed by atoms with E-state index in [9.17, 15) is 18.0 Å². The summed E-state index contributed by atoms with van der Waals surface area (Å²) in [7, 11) is -0.402. The first-order valence-corrected chi connectivity index (χ1v) is 14.0. The van der Waals surface area contributed by atoms with Crippen LogP contribution in [-0.2, 0) is 33.2 Å². The Kier molecular flexibility index (Phi) is 9.77. The first-order chi connectivity index (χ1) is 17.2. The molecule has 2 N–H and O–H groups in total. The number of ether oxygens (including phenoxy) is 1. The van der Waals surface area contributed by atoms with Crippen LogP contribution in [0.2, 0.25) is 0 Å². The van der Waals surface area contributed by atoms with Crippen molar-refractivity contribution in [1.82, 2.24) is 10.2 Å². The van der Waals surface area contributed by atoms with Gasteiger partial charge >= 0.3 is 0 Å². The summed E-state index contributed by atoms with van der Waals surface area (Å²) in [5, 5.41) is 11.3. The van der Waals surface area contributed by atoms with E-state index >= 15 is 0 Å². The van der Waals surface area contributed by atoms with Gasteiger partial charge in [-0.2, -0.15) is 0 Å². The molecule has 11 heteroatoms. The summed E-state index contributed by atoms with van der Waals surface area (Å²) >= 11 is 0. The Labute approximate surface area is 235 Å². The number of fused-ring (bicyclic) bond motifs is 1. The number of nitrogens with zero attached hydrogens (tertiary/aromatic N) is 2. The molecular formula is C27H37BrN4O5S. The van der Waals surface area contributed by atoms with Crippen molar-refractivity contribution in [2.45, 2.75) is 46.1 Å². The zero-order valence-corrected chi connectivity index (χ0v) is 25.5. The molecule has 3 rings (SSSR count). The summed E-state index contributed by atoms with van der Waals surface area (Å²) in [6.45, 7) is 8.59. The maximum absolute atomic E-state index is 13.3. The number of ketones is 1. The van der Waals surface area contributed by atoms with E-state index in [2.05, 4.69) is 5.32 Å². The second-order valence-electron chi connectivity index (χ2n) is 10.2. The number of likely N-dealkylation sites (N-methyl/N-ethyl adjacent to an activating group) is 1. The van der Waals surface area contributed by atoms with Gasteiger partial charge in [-0.3, -0.25) is 19.3 Å². The van der Waals surface area contributed by atoms with E-state index in [0.29, 0.717) is 41.3 Å². The van der Waals surface area contributed by atoms with Gasteiger partial charge < -0.3 is 15.0 Å². The summed E-state index contributed by atoms with van der Waals surface area (Å²) in [6, 6.07) is 8.70. The van der Waals surface area contributed by atoms with Crippen LogP contribution in [0, 0.1) is 5.41 Å². The van der Waals surface area contributed by atoms with E-state index in [-0.39, 0.29) is 47.5 Å². The van der Waals surface area contributed by atoms with Crippen LogP contribution in [0.25, 0.3) is 0 Å². The van der Waals surface area contributed by atoms with Crippen LogP contribution in [0.1, 0.15) is 60.3 Å². The highest BCUT2D eigenvalue weighted by Gasteiger charge is 2.30. The number of carbonyl (C=O) groups is 2. The number of hydrogen-bond donors (Lipinski definition) is 2. The highest BCUT2D eigenvalue weighted by atomic mass is 79.9.